The van der Waals surface area contributed by atoms with E-state index in [4.69, 9.17) is 0 Å². The van der Waals surface area contributed by atoms with E-state index in [1.165, 1.54) is 134 Å². The number of thiophene rings is 2. The van der Waals surface area contributed by atoms with Crippen LogP contribution in [0.1, 0.15) is 162 Å². The van der Waals surface area contributed by atoms with Crippen molar-refractivity contribution in [3.8, 4) is 0 Å². The van der Waals surface area contributed by atoms with Crippen LogP contribution in [0.5, 0.6) is 0 Å². The summed E-state index contributed by atoms with van der Waals surface area (Å²) in [6.45, 7) is 36.3. The molecule has 2 aliphatic carbocycles. The van der Waals surface area contributed by atoms with Crippen molar-refractivity contribution in [1.29, 1.82) is 0 Å². The number of aryl methyl sites for hydroxylation is 1. The summed E-state index contributed by atoms with van der Waals surface area (Å²) in [5, 5.41) is 2.75. The van der Waals surface area contributed by atoms with Crippen molar-refractivity contribution in [3.63, 3.8) is 0 Å². The average Bonchev–Trinajstić information content (AvgIpc) is 3.79. The average molecular weight is 879 g/mol. The molecule has 0 saturated carbocycles. The SMILES string of the molecule is Cc1cc2c3c(c1)N(c1ccc4c(c1)C(C)(C)CCC4(C)C)c1c(sc4ccc(C(C)(C)C)cc14)B3c1sc3ccc(C(C)(C)C)cc3c1N2c1ccc2c(c1)C(C)(C)CCC2(C)C. The van der Waals surface area contributed by atoms with Crippen LogP contribution in [0.2, 0.25) is 0 Å². The lowest BCUT2D eigenvalue weighted by Gasteiger charge is -2.45. The van der Waals surface area contributed by atoms with Gasteiger partial charge in [-0.3, -0.25) is 0 Å². The van der Waals surface area contributed by atoms with Gasteiger partial charge in [0.1, 0.15) is 0 Å². The van der Waals surface area contributed by atoms with Gasteiger partial charge in [0.25, 0.3) is 6.71 Å². The first-order valence-electron chi connectivity index (χ1n) is 24.0. The number of benzene rings is 5. The molecule has 0 saturated heterocycles. The second-order valence-corrected chi connectivity index (χ2v) is 27.0. The van der Waals surface area contributed by atoms with Gasteiger partial charge in [0.05, 0.1) is 11.4 Å². The summed E-state index contributed by atoms with van der Waals surface area (Å²) in [5.41, 5.74) is 20.0. The Balaban J connectivity index is 1.26. The Morgan fingerprint density at radius 1 is 0.469 bits per heavy atom. The smallest absolute Gasteiger partial charge is 0.277 e. The fraction of sp³-hybridized carbons (Fsp3) is 0.424. The summed E-state index contributed by atoms with van der Waals surface area (Å²) < 4.78 is 5.67. The van der Waals surface area contributed by atoms with E-state index in [2.05, 4.69) is 199 Å². The Kier molecular flexibility index (Phi) is 8.87. The van der Waals surface area contributed by atoms with Crippen molar-refractivity contribution in [2.75, 3.05) is 9.80 Å². The number of hydrogen-bond donors (Lipinski definition) is 0. The fourth-order valence-electron chi connectivity index (χ4n) is 12.0. The predicted octanol–water partition coefficient (Wildman–Crippen LogP) is 15.8. The number of rotatable bonds is 2. The minimum Gasteiger partial charge on any atom is -0.310 e. The van der Waals surface area contributed by atoms with Crippen molar-refractivity contribution in [1.82, 2.24) is 0 Å². The van der Waals surface area contributed by atoms with E-state index in [9.17, 15) is 0 Å². The van der Waals surface area contributed by atoms with E-state index in [0.29, 0.717) is 0 Å². The lowest BCUT2D eigenvalue weighted by Crippen LogP contribution is -2.59. The van der Waals surface area contributed by atoms with Gasteiger partial charge in [0.2, 0.25) is 0 Å². The number of hydrogen-bond acceptors (Lipinski definition) is 4. The minimum absolute atomic E-state index is 0.0268. The van der Waals surface area contributed by atoms with Gasteiger partial charge in [-0.15, -0.1) is 22.7 Å². The van der Waals surface area contributed by atoms with E-state index < -0.39 is 0 Å². The van der Waals surface area contributed by atoms with E-state index in [1.807, 2.05) is 22.7 Å². The maximum Gasteiger partial charge on any atom is 0.277 e. The van der Waals surface area contributed by atoms with Crippen LogP contribution in [0.3, 0.4) is 0 Å². The van der Waals surface area contributed by atoms with Gasteiger partial charge in [0.15, 0.2) is 0 Å². The first kappa shape index (κ1) is 42.3. The first-order valence-corrected chi connectivity index (χ1v) is 25.7. The Hall–Kier alpha value is -4.32. The number of anilines is 6. The Morgan fingerprint density at radius 2 is 0.844 bits per heavy atom. The minimum atomic E-state index is 0.0268. The van der Waals surface area contributed by atoms with E-state index in [-0.39, 0.29) is 39.2 Å². The molecule has 7 aromatic rings. The predicted molar refractivity (Wildman–Crippen MR) is 284 cm³/mol. The molecule has 5 heteroatoms. The normalized spacial score (nSPS) is 19.0. The lowest BCUT2D eigenvalue weighted by atomic mass is 9.39. The molecule has 0 atom stereocenters. The van der Waals surface area contributed by atoms with Crippen molar-refractivity contribution in [3.05, 3.63) is 124 Å². The van der Waals surface area contributed by atoms with Crippen LogP contribution in [0.25, 0.3) is 20.2 Å². The van der Waals surface area contributed by atoms with Crippen molar-refractivity contribution in [2.24, 2.45) is 0 Å². The van der Waals surface area contributed by atoms with E-state index in [0.717, 1.165) is 0 Å². The largest absolute Gasteiger partial charge is 0.310 e. The summed E-state index contributed by atoms with van der Waals surface area (Å²) in [6.07, 6.45) is 4.80. The van der Waals surface area contributed by atoms with Gasteiger partial charge in [-0.1, -0.05) is 121 Å². The summed E-state index contributed by atoms with van der Waals surface area (Å²) in [4.78, 5) is 5.43. The second kappa shape index (κ2) is 13.4. The second-order valence-electron chi connectivity index (χ2n) is 24.9. The van der Waals surface area contributed by atoms with Crippen LogP contribution in [0.15, 0.2) is 84.9 Å². The third kappa shape index (κ3) is 6.14. The Labute approximate surface area is 392 Å². The summed E-state index contributed by atoms with van der Waals surface area (Å²) in [5.74, 6) is 0. The van der Waals surface area contributed by atoms with Crippen LogP contribution in [0.4, 0.5) is 34.1 Å². The molecule has 2 nitrogen and oxygen atoms in total. The van der Waals surface area contributed by atoms with Gasteiger partial charge in [-0.05, 0) is 170 Å². The fourth-order valence-corrected chi connectivity index (χ4v) is 14.7. The van der Waals surface area contributed by atoms with Gasteiger partial charge in [-0.25, -0.2) is 0 Å². The highest BCUT2D eigenvalue weighted by Crippen LogP contribution is 2.55. The van der Waals surface area contributed by atoms with Crippen molar-refractivity contribution < 1.29 is 0 Å². The van der Waals surface area contributed by atoms with E-state index in [1.54, 1.807) is 0 Å². The highest BCUT2D eigenvalue weighted by atomic mass is 32.1. The topological polar surface area (TPSA) is 6.48 Å². The van der Waals surface area contributed by atoms with Gasteiger partial charge < -0.3 is 9.80 Å². The Morgan fingerprint density at radius 3 is 1.22 bits per heavy atom. The molecule has 328 valence electrons. The highest BCUT2D eigenvalue weighted by molar-refractivity contribution is 7.40. The highest BCUT2D eigenvalue weighted by Gasteiger charge is 2.48. The summed E-state index contributed by atoms with van der Waals surface area (Å²) >= 11 is 4.06. The van der Waals surface area contributed by atoms with Gasteiger partial charge in [0, 0.05) is 52.5 Å². The molecule has 0 spiro atoms. The molecule has 4 heterocycles. The molecule has 0 radical (unpaired) electrons. The van der Waals surface area contributed by atoms with Crippen molar-refractivity contribution in [2.45, 2.75) is 162 Å². The zero-order chi connectivity index (χ0) is 45.4. The quantitative estimate of drug-likeness (QED) is 0.160. The summed E-state index contributed by atoms with van der Waals surface area (Å²) in [7, 11) is 0. The number of fused-ring (bicyclic) bond motifs is 10. The molecule has 4 aliphatic rings. The monoisotopic (exact) mass is 878 g/mol. The molecule has 0 bridgehead atoms. The molecule has 11 rings (SSSR count). The van der Waals surface area contributed by atoms with Crippen LogP contribution >= 0.6 is 22.7 Å². The third-order valence-corrected chi connectivity index (χ3v) is 18.8. The molecule has 0 amide bonds. The molecule has 5 aromatic carbocycles. The van der Waals surface area contributed by atoms with Crippen LogP contribution < -0.4 is 24.8 Å². The van der Waals surface area contributed by atoms with Gasteiger partial charge >= 0.3 is 0 Å². The molecule has 64 heavy (non-hydrogen) atoms. The van der Waals surface area contributed by atoms with Crippen molar-refractivity contribution >= 4 is 98.7 Å². The maximum atomic E-state index is 2.72. The number of nitrogens with zero attached hydrogens (tertiary/aromatic N) is 2. The van der Waals surface area contributed by atoms with E-state index >= 15 is 0 Å². The Bertz CT molecular complexity index is 2910. The zero-order valence-corrected chi connectivity index (χ0v) is 42.8. The third-order valence-electron chi connectivity index (χ3n) is 16.3. The lowest BCUT2D eigenvalue weighted by molar-refractivity contribution is 0.332. The molecular formula is C59H67BN2S2. The molecular weight excluding hydrogens is 812 g/mol. The zero-order valence-electron chi connectivity index (χ0n) is 41.2. The molecule has 2 aromatic heterocycles. The van der Waals surface area contributed by atoms with Crippen LogP contribution in [-0.2, 0) is 32.5 Å². The first-order chi connectivity index (χ1) is 29.9. The molecule has 0 fully saturated rings. The van der Waals surface area contributed by atoms with Crippen LogP contribution in [0, 0.1) is 6.92 Å². The van der Waals surface area contributed by atoms with Crippen LogP contribution in [-0.4, -0.2) is 6.71 Å². The molecule has 0 unspecified atom stereocenters. The molecule has 2 aliphatic heterocycles. The standard InChI is InChI=1S/C59H67BN2S2/c1-34-28-45-49-46(29-34)62(38-19-21-42-44(33-38)59(14,15)27-25-57(42,10)11)51-40-31-36(55(5,6)7)17-23-48(40)64-53(51)60(49)52-50(39-30-35(54(2,3)4)16-22-47(39)63-52)61(45)37-18-20-41-43(32-37)58(12,13)26-24-56(41,8)9/h16-23,28-33H,24-27H2,1-15H3. The van der Waals surface area contributed by atoms with Gasteiger partial charge in [-0.2, -0.15) is 0 Å². The summed E-state index contributed by atoms with van der Waals surface area (Å²) in [6, 6.07) is 34.9. The molecule has 0 N–H and O–H groups in total. The maximum absolute atomic E-state index is 2.72.